The van der Waals surface area contributed by atoms with E-state index in [1.165, 1.54) is 16.3 Å². The number of hydrogen-bond acceptors (Lipinski definition) is 2. The number of benzene rings is 2. The van der Waals surface area contributed by atoms with E-state index in [0.717, 1.165) is 19.7 Å². The molecule has 1 saturated heterocycles. The minimum atomic E-state index is 0.146. The molecule has 1 unspecified atom stereocenters. The SMILES string of the molecule is CC1(C)CNCC(c2cccc3ccccc23)OC1. The van der Waals surface area contributed by atoms with Crippen molar-refractivity contribution in [2.75, 3.05) is 19.7 Å². The predicted octanol–water partition coefficient (Wildman–Crippen LogP) is 3.53. The lowest BCUT2D eigenvalue weighted by atomic mass is 9.95. The number of hydrogen-bond donors (Lipinski definition) is 1. The highest BCUT2D eigenvalue weighted by atomic mass is 16.5. The van der Waals surface area contributed by atoms with Crippen LogP contribution < -0.4 is 5.32 Å². The Morgan fingerprint density at radius 2 is 1.89 bits per heavy atom. The summed E-state index contributed by atoms with van der Waals surface area (Å²) in [4.78, 5) is 0. The van der Waals surface area contributed by atoms with Gasteiger partial charge < -0.3 is 10.1 Å². The van der Waals surface area contributed by atoms with Crippen molar-refractivity contribution in [3.63, 3.8) is 0 Å². The molecule has 1 aliphatic heterocycles. The van der Waals surface area contributed by atoms with Gasteiger partial charge in [0.1, 0.15) is 0 Å². The lowest BCUT2D eigenvalue weighted by molar-refractivity contribution is 0.0267. The zero-order valence-electron chi connectivity index (χ0n) is 11.6. The van der Waals surface area contributed by atoms with Crippen LogP contribution in [0.1, 0.15) is 25.5 Å². The Kier molecular flexibility index (Phi) is 3.29. The van der Waals surface area contributed by atoms with Gasteiger partial charge in [-0.3, -0.25) is 0 Å². The molecule has 2 heteroatoms. The van der Waals surface area contributed by atoms with Gasteiger partial charge in [0.15, 0.2) is 0 Å². The summed E-state index contributed by atoms with van der Waals surface area (Å²) in [5.41, 5.74) is 1.50. The zero-order valence-corrected chi connectivity index (χ0v) is 11.6. The molecule has 1 fully saturated rings. The molecule has 0 aliphatic carbocycles. The highest BCUT2D eigenvalue weighted by Gasteiger charge is 2.26. The number of fused-ring (bicyclic) bond motifs is 1. The van der Waals surface area contributed by atoms with Crippen molar-refractivity contribution in [2.24, 2.45) is 5.41 Å². The molecule has 2 aromatic carbocycles. The smallest absolute Gasteiger partial charge is 0.0955 e. The third kappa shape index (κ3) is 2.65. The van der Waals surface area contributed by atoms with Gasteiger partial charge in [-0.2, -0.15) is 0 Å². The molecule has 0 amide bonds. The van der Waals surface area contributed by atoms with Crippen molar-refractivity contribution < 1.29 is 4.74 Å². The van der Waals surface area contributed by atoms with Crippen LogP contribution in [0.15, 0.2) is 42.5 Å². The van der Waals surface area contributed by atoms with Crippen LogP contribution in [0.4, 0.5) is 0 Å². The summed E-state index contributed by atoms with van der Waals surface area (Å²) < 4.78 is 6.15. The summed E-state index contributed by atoms with van der Waals surface area (Å²) in [6.45, 7) is 7.18. The van der Waals surface area contributed by atoms with Crippen LogP contribution in [0.2, 0.25) is 0 Å². The molecular weight excluding hydrogens is 234 g/mol. The number of nitrogens with one attached hydrogen (secondary N) is 1. The predicted molar refractivity (Wildman–Crippen MR) is 79.3 cm³/mol. The fraction of sp³-hybridized carbons (Fsp3) is 0.412. The molecule has 19 heavy (non-hydrogen) atoms. The average molecular weight is 255 g/mol. The largest absolute Gasteiger partial charge is 0.372 e. The highest BCUT2D eigenvalue weighted by molar-refractivity contribution is 5.86. The summed E-state index contributed by atoms with van der Waals surface area (Å²) in [6, 6.07) is 15.0. The quantitative estimate of drug-likeness (QED) is 0.841. The third-order valence-electron chi connectivity index (χ3n) is 3.78. The molecule has 1 N–H and O–H groups in total. The van der Waals surface area contributed by atoms with Crippen LogP contribution in [0.25, 0.3) is 10.8 Å². The Labute approximate surface area is 114 Å². The topological polar surface area (TPSA) is 21.3 Å². The van der Waals surface area contributed by atoms with Gasteiger partial charge >= 0.3 is 0 Å². The second kappa shape index (κ2) is 4.95. The van der Waals surface area contributed by atoms with Crippen molar-refractivity contribution in [3.05, 3.63) is 48.0 Å². The van der Waals surface area contributed by atoms with Gasteiger partial charge in [0, 0.05) is 18.5 Å². The van der Waals surface area contributed by atoms with E-state index in [9.17, 15) is 0 Å². The molecule has 0 bridgehead atoms. The van der Waals surface area contributed by atoms with Crippen molar-refractivity contribution in [2.45, 2.75) is 20.0 Å². The van der Waals surface area contributed by atoms with Gasteiger partial charge in [0.25, 0.3) is 0 Å². The number of ether oxygens (including phenoxy) is 1. The Morgan fingerprint density at radius 1 is 1.11 bits per heavy atom. The van der Waals surface area contributed by atoms with E-state index in [-0.39, 0.29) is 11.5 Å². The van der Waals surface area contributed by atoms with E-state index in [2.05, 4.69) is 61.6 Å². The second-order valence-electron chi connectivity index (χ2n) is 6.16. The Hall–Kier alpha value is -1.38. The lowest BCUT2D eigenvalue weighted by Gasteiger charge is -2.22. The minimum absolute atomic E-state index is 0.146. The second-order valence-corrected chi connectivity index (χ2v) is 6.16. The van der Waals surface area contributed by atoms with E-state index >= 15 is 0 Å². The van der Waals surface area contributed by atoms with Crippen LogP contribution in [-0.4, -0.2) is 19.7 Å². The Balaban J connectivity index is 1.96. The first-order chi connectivity index (χ1) is 9.16. The third-order valence-corrected chi connectivity index (χ3v) is 3.78. The van der Waals surface area contributed by atoms with E-state index in [4.69, 9.17) is 4.74 Å². The molecule has 1 atom stereocenters. The fourth-order valence-electron chi connectivity index (χ4n) is 2.71. The van der Waals surface area contributed by atoms with Crippen molar-refractivity contribution in [1.82, 2.24) is 5.32 Å². The molecule has 0 saturated carbocycles. The molecule has 0 radical (unpaired) electrons. The van der Waals surface area contributed by atoms with Gasteiger partial charge in [0.2, 0.25) is 0 Å². The Morgan fingerprint density at radius 3 is 2.79 bits per heavy atom. The van der Waals surface area contributed by atoms with Crippen LogP contribution in [0.5, 0.6) is 0 Å². The van der Waals surface area contributed by atoms with Crippen molar-refractivity contribution >= 4 is 10.8 Å². The monoisotopic (exact) mass is 255 g/mol. The van der Waals surface area contributed by atoms with Gasteiger partial charge in [-0.05, 0) is 16.3 Å². The van der Waals surface area contributed by atoms with Crippen molar-refractivity contribution in [3.8, 4) is 0 Å². The maximum Gasteiger partial charge on any atom is 0.0955 e. The minimum Gasteiger partial charge on any atom is -0.372 e. The zero-order chi connectivity index (χ0) is 13.3. The molecule has 2 nitrogen and oxygen atoms in total. The lowest BCUT2D eigenvalue weighted by Crippen LogP contribution is -2.29. The maximum atomic E-state index is 6.15. The maximum absolute atomic E-state index is 6.15. The summed E-state index contributed by atoms with van der Waals surface area (Å²) in [6.07, 6.45) is 0.146. The van der Waals surface area contributed by atoms with Gasteiger partial charge in [-0.25, -0.2) is 0 Å². The molecular formula is C17H21NO. The molecule has 0 spiro atoms. The summed E-state index contributed by atoms with van der Waals surface area (Å²) in [5, 5.41) is 6.11. The standard InChI is InChI=1S/C17H21NO/c1-17(2)11-18-10-16(19-12-17)15-9-5-7-13-6-3-4-8-14(13)15/h3-9,16,18H,10-12H2,1-2H3. The highest BCUT2D eigenvalue weighted by Crippen LogP contribution is 2.29. The van der Waals surface area contributed by atoms with Crippen LogP contribution in [-0.2, 0) is 4.74 Å². The molecule has 2 aromatic rings. The fourth-order valence-corrected chi connectivity index (χ4v) is 2.71. The molecule has 0 aromatic heterocycles. The van der Waals surface area contributed by atoms with Crippen LogP contribution in [0, 0.1) is 5.41 Å². The van der Waals surface area contributed by atoms with E-state index in [1.54, 1.807) is 0 Å². The van der Waals surface area contributed by atoms with Gasteiger partial charge in [-0.15, -0.1) is 0 Å². The van der Waals surface area contributed by atoms with Crippen LogP contribution in [0.3, 0.4) is 0 Å². The van der Waals surface area contributed by atoms with E-state index in [1.807, 2.05) is 0 Å². The summed E-state index contributed by atoms with van der Waals surface area (Å²) in [7, 11) is 0. The van der Waals surface area contributed by atoms with Crippen molar-refractivity contribution in [1.29, 1.82) is 0 Å². The first-order valence-corrected chi connectivity index (χ1v) is 6.96. The molecule has 100 valence electrons. The first kappa shape index (κ1) is 12.6. The summed E-state index contributed by atoms with van der Waals surface area (Å²) in [5.74, 6) is 0. The Bertz CT molecular complexity index is 571. The molecule has 1 heterocycles. The molecule has 1 aliphatic rings. The van der Waals surface area contributed by atoms with Crippen LogP contribution >= 0.6 is 0 Å². The van der Waals surface area contributed by atoms with E-state index < -0.39 is 0 Å². The summed E-state index contributed by atoms with van der Waals surface area (Å²) >= 11 is 0. The van der Waals surface area contributed by atoms with Gasteiger partial charge in [0.05, 0.1) is 12.7 Å². The average Bonchev–Trinajstić information content (AvgIpc) is 2.59. The molecule has 3 rings (SSSR count). The van der Waals surface area contributed by atoms with E-state index in [0.29, 0.717) is 0 Å². The number of rotatable bonds is 1. The normalized spacial score (nSPS) is 23.2. The van der Waals surface area contributed by atoms with Gasteiger partial charge in [-0.1, -0.05) is 56.3 Å². The first-order valence-electron chi connectivity index (χ1n) is 6.96.